The van der Waals surface area contributed by atoms with Crippen LogP contribution in [0.5, 0.6) is 0 Å². The van der Waals surface area contributed by atoms with E-state index in [1.54, 1.807) is 0 Å². The van der Waals surface area contributed by atoms with Gasteiger partial charge >= 0.3 is 6.09 Å². The van der Waals surface area contributed by atoms with E-state index in [9.17, 15) is 18.8 Å². The maximum absolute atomic E-state index is 12.2. The Balaban J connectivity index is 2.58. The molecule has 1 rings (SSSR count). The Labute approximate surface area is 91.3 Å². The van der Waals surface area contributed by atoms with Gasteiger partial charge in [-0.15, -0.1) is 0 Å². The molecule has 1 saturated heterocycles. The van der Waals surface area contributed by atoms with Gasteiger partial charge in [-0.2, -0.15) is 0 Å². The van der Waals surface area contributed by atoms with Crippen molar-refractivity contribution in [1.82, 2.24) is 5.32 Å². The first kappa shape index (κ1) is 12.4. The fourth-order valence-electron chi connectivity index (χ4n) is 1.60. The number of halogens is 1. The highest BCUT2D eigenvalue weighted by atomic mass is 19.1. The number of primary amides is 1. The molecule has 0 bridgehead atoms. The maximum Gasteiger partial charge on any atom is 0.405 e. The van der Waals surface area contributed by atoms with Crippen LogP contribution in [-0.4, -0.2) is 37.1 Å². The van der Waals surface area contributed by atoms with E-state index in [4.69, 9.17) is 5.73 Å². The van der Waals surface area contributed by atoms with Crippen LogP contribution in [0.25, 0.3) is 0 Å². The number of amides is 2. The fraction of sp³-hybridized carbons (Fsp3) is 0.667. The van der Waals surface area contributed by atoms with E-state index >= 15 is 0 Å². The van der Waals surface area contributed by atoms with Gasteiger partial charge in [-0.3, -0.25) is 9.59 Å². The Morgan fingerprint density at radius 2 is 2.31 bits per heavy atom. The number of nitrogens with two attached hydrogens (primary N) is 1. The normalized spacial score (nSPS) is 21.3. The van der Waals surface area contributed by atoms with Gasteiger partial charge in [0.15, 0.2) is 12.8 Å². The number of rotatable bonds is 5. The first-order valence-electron chi connectivity index (χ1n) is 4.87. The second-order valence-electron chi connectivity index (χ2n) is 3.54. The molecule has 16 heavy (non-hydrogen) atoms. The number of ketones is 1. The van der Waals surface area contributed by atoms with Crippen molar-refractivity contribution in [2.24, 2.45) is 11.7 Å². The number of hydrogen-bond acceptors (Lipinski definition) is 4. The molecular formula is C9H13FN2O4. The molecule has 1 aliphatic rings. The van der Waals surface area contributed by atoms with Gasteiger partial charge in [0.25, 0.3) is 0 Å². The molecule has 0 aliphatic carbocycles. The van der Waals surface area contributed by atoms with E-state index in [0.717, 1.165) is 0 Å². The molecule has 3 N–H and O–H groups in total. The number of carbonyl (C=O) groups is 3. The zero-order valence-corrected chi connectivity index (χ0v) is 8.57. The van der Waals surface area contributed by atoms with Gasteiger partial charge in [0.2, 0.25) is 11.7 Å². The molecule has 0 aromatic carbocycles. The van der Waals surface area contributed by atoms with E-state index in [0.29, 0.717) is 13.0 Å². The smallest absolute Gasteiger partial charge is 0.405 e. The van der Waals surface area contributed by atoms with Gasteiger partial charge in [0.1, 0.15) is 0 Å². The lowest BCUT2D eigenvalue weighted by molar-refractivity contribution is -0.130. The van der Waals surface area contributed by atoms with Crippen LogP contribution in [0.3, 0.4) is 0 Å². The van der Waals surface area contributed by atoms with Gasteiger partial charge in [0.05, 0.1) is 0 Å². The minimum Gasteiger partial charge on any atom is -0.438 e. The van der Waals surface area contributed by atoms with Crippen molar-refractivity contribution in [2.45, 2.75) is 18.9 Å². The van der Waals surface area contributed by atoms with Crippen molar-refractivity contribution in [3.8, 4) is 0 Å². The molecule has 1 fully saturated rings. The third-order valence-electron chi connectivity index (χ3n) is 2.41. The van der Waals surface area contributed by atoms with Crippen molar-refractivity contribution >= 4 is 17.8 Å². The molecule has 0 spiro atoms. The number of ether oxygens (including phenoxy) is 1. The fourth-order valence-corrected chi connectivity index (χ4v) is 1.60. The second-order valence-corrected chi connectivity index (χ2v) is 3.54. The third-order valence-corrected chi connectivity index (χ3v) is 2.41. The molecule has 2 unspecified atom stereocenters. The summed E-state index contributed by atoms with van der Waals surface area (Å²) in [6.07, 6.45) is -1.89. The Morgan fingerprint density at radius 1 is 1.62 bits per heavy atom. The lowest BCUT2D eigenvalue weighted by Crippen LogP contribution is -2.34. The SMILES string of the molecule is NC(=O)OC(CC1CCNC1=O)C(=O)CF. The zero-order chi connectivity index (χ0) is 12.1. The average molecular weight is 232 g/mol. The number of Topliss-reactive ketones (excluding diaryl/α,β-unsaturated/α-hetero) is 1. The number of carbonyl (C=O) groups excluding carboxylic acids is 3. The number of alkyl halides is 1. The van der Waals surface area contributed by atoms with Crippen LogP contribution >= 0.6 is 0 Å². The highest BCUT2D eigenvalue weighted by Gasteiger charge is 2.32. The Bertz CT molecular complexity index is 308. The Hall–Kier alpha value is -1.66. The highest BCUT2D eigenvalue weighted by Crippen LogP contribution is 2.18. The van der Waals surface area contributed by atoms with Gasteiger partial charge in [0, 0.05) is 18.9 Å². The minimum absolute atomic E-state index is 0.0163. The summed E-state index contributed by atoms with van der Waals surface area (Å²) in [6.45, 7) is -0.733. The number of nitrogens with one attached hydrogen (secondary N) is 1. The summed E-state index contributed by atoms with van der Waals surface area (Å²) >= 11 is 0. The summed E-state index contributed by atoms with van der Waals surface area (Å²) in [5, 5.41) is 2.57. The van der Waals surface area contributed by atoms with E-state index in [-0.39, 0.29) is 12.3 Å². The van der Waals surface area contributed by atoms with Crippen LogP contribution in [0.1, 0.15) is 12.8 Å². The molecule has 0 radical (unpaired) electrons. The van der Waals surface area contributed by atoms with E-state index in [1.165, 1.54) is 0 Å². The highest BCUT2D eigenvalue weighted by molar-refractivity contribution is 5.87. The van der Waals surface area contributed by atoms with Crippen LogP contribution in [-0.2, 0) is 14.3 Å². The minimum atomic E-state index is -1.27. The summed E-state index contributed by atoms with van der Waals surface area (Å²) in [5.41, 5.74) is 4.76. The van der Waals surface area contributed by atoms with E-state index in [1.807, 2.05) is 0 Å². The molecule has 90 valence electrons. The van der Waals surface area contributed by atoms with Crippen molar-refractivity contribution < 1.29 is 23.5 Å². The Kier molecular flexibility index (Phi) is 4.21. The predicted octanol–water partition coefficient (Wildman–Crippen LogP) is -0.485. The molecule has 2 atom stereocenters. The van der Waals surface area contributed by atoms with E-state index < -0.39 is 30.6 Å². The summed E-state index contributed by atoms with van der Waals surface area (Å²) in [5.74, 6) is -1.52. The summed E-state index contributed by atoms with van der Waals surface area (Å²) in [7, 11) is 0. The largest absolute Gasteiger partial charge is 0.438 e. The zero-order valence-electron chi connectivity index (χ0n) is 8.57. The number of hydrogen-bond donors (Lipinski definition) is 2. The first-order chi connectivity index (χ1) is 7.54. The molecule has 7 heteroatoms. The van der Waals surface area contributed by atoms with Crippen LogP contribution in [0.2, 0.25) is 0 Å². The van der Waals surface area contributed by atoms with E-state index in [2.05, 4.69) is 10.1 Å². The maximum atomic E-state index is 12.2. The van der Waals surface area contributed by atoms with Crippen molar-refractivity contribution in [3.63, 3.8) is 0 Å². The molecule has 1 heterocycles. The lowest BCUT2D eigenvalue weighted by Gasteiger charge is -2.16. The standard InChI is InChI=1S/C9H13FN2O4/c10-4-6(13)7(16-9(11)15)3-5-1-2-12-8(5)14/h5,7H,1-4H2,(H2,11,15)(H,12,14). The van der Waals surface area contributed by atoms with Crippen LogP contribution in [0, 0.1) is 5.92 Å². The van der Waals surface area contributed by atoms with Crippen LogP contribution in [0.15, 0.2) is 0 Å². The molecular weight excluding hydrogens is 219 g/mol. The molecule has 0 saturated carbocycles. The summed E-state index contributed by atoms with van der Waals surface area (Å²) < 4.78 is 16.7. The average Bonchev–Trinajstić information content (AvgIpc) is 2.61. The third kappa shape index (κ3) is 3.18. The predicted molar refractivity (Wildman–Crippen MR) is 51.2 cm³/mol. The van der Waals surface area contributed by atoms with Crippen molar-refractivity contribution in [1.29, 1.82) is 0 Å². The van der Waals surface area contributed by atoms with Crippen LogP contribution < -0.4 is 11.1 Å². The monoisotopic (exact) mass is 232 g/mol. The van der Waals surface area contributed by atoms with Gasteiger partial charge < -0.3 is 15.8 Å². The summed E-state index contributed by atoms with van der Waals surface area (Å²) in [6, 6.07) is 0. The molecule has 0 aromatic rings. The topological polar surface area (TPSA) is 98.5 Å². The molecule has 0 aromatic heterocycles. The van der Waals surface area contributed by atoms with Gasteiger partial charge in [-0.05, 0) is 6.42 Å². The molecule has 1 aliphatic heterocycles. The quantitative estimate of drug-likeness (QED) is 0.668. The first-order valence-corrected chi connectivity index (χ1v) is 4.87. The van der Waals surface area contributed by atoms with Crippen LogP contribution in [0.4, 0.5) is 9.18 Å². The van der Waals surface area contributed by atoms with Crippen molar-refractivity contribution in [2.75, 3.05) is 13.2 Å². The van der Waals surface area contributed by atoms with Gasteiger partial charge in [-0.25, -0.2) is 9.18 Å². The van der Waals surface area contributed by atoms with Crippen molar-refractivity contribution in [3.05, 3.63) is 0 Å². The second kappa shape index (κ2) is 5.43. The molecule has 2 amide bonds. The summed E-state index contributed by atoms with van der Waals surface area (Å²) in [4.78, 5) is 32.8. The Morgan fingerprint density at radius 3 is 2.75 bits per heavy atom. The van der Waals surface area contributed by atoms with Gasteiger partial charge in [-0.1, -0.05) is 0 Å². The lowest BCUT2D eigenvalue weighted by atomic mass is 9.98. The molecule has 6 nitrogen and oxygen atoms in total.